The molecule has 2 aromatic rings. The lowest BCUT2D eigenvalue weighted by atomic mass is 9.95. The lowest BCUT2D eigenvalue weighted by molar-refractivity contribution is 0.0937. The molecule has 1 atom stereocenters. The van der Waals surface area contributed by atoms with Crippen molar-refractivity contribution in [1.29, 1.82) is 0 Å². The second kappa shape index (κ2) is 7.61. The number of ether oxygens (including phenoxy) is 1. The second-order valence-electron chi connectivity index (χ2n) is 7.21. The first-order valence-electron chi connectivity index (χ1n) is 8.30. The van der Waals surface area contributed by atoms with Gasteiger partial charge in [-0.1, -0.05) is 26.8 Å². The number of halogens is 1. The average Bonchev–Trinajstić information content (AvgIpc) is 2.53. The SMILES string of the molecule is COc1ccc(C(C)NC(=O)c2c(C)nc(C(C)(C)C)[nH]c2=O)cc1Br. The second-order valence-corrected chi connectivity index (χ2v) is 8.07. The molecule has 0 saturated carbocycles. The number of benzene rings is 1. The Morgan fingerprint density at radius 1 is 1.35 bits per heavy atom. The summed E-state index contributed by atoms with van der Waals surface area (Å²) in [4.78, 5) is 32.2. The van der Waals surface area contributed by atoms with E-state index in [-0.39, 0.29) is 17.0 Å². The van der Waals surface area contributed by atoms with Crippen molar-refractivity contribution in [3.05, 3.63) is 55.7 Å². The van der Waals surface area contributed by atoms with Crippen molar-refractivity contribution in [3.63, 3.8) is 0 Å². The highest BCUT2D eigenvalue weighted by Gasteiger charge is 2.23. The molecule has 0 radical (unpaired) electrons. The molecule has 1 aromatic carbocycles. The summed E-state index contributed by atoms with van der Waals surface area (Å²) in [6.45, 7) is 9.39. The van der Waals surface area contributed by atoms with Gasteiger partial charge in [0.2, 0.25) is 0 Å². The summed E-state index contributed by atoms with van der Waals surface area (Å²) in [6.07, 6.45) is 0. The highest BCUT2D eigenvalue weighted by molar-refractivity contribution is 9.10. The molecule has 2 rings (SSSR count). The summed E-state index contributed by atoms with van der Waals surface area (Å²) in [5.41, 5.74) is 0.612. The largest absolute Gasteiger partial charge is 0.496 e. The van der Waals surface area contributed by atoms with E-state index in [1.54, 1.807) is 14.0 Å². The Labute approximate surface area is 161 Å². The van der Waals surface area contributed by atoms with Crippen LogP contribution < -0.4 is 15.6 Å². The summed E-state index contributed by atoms with van der Waals surface area (Å²) in [5, 5.41) is 2.86. The number of hydrogen-bond acceptors (Lipinski definition) is 4. The number of rotatable bonds is 4. The molecule has 0 fully saturated rings. The lowest BCUT2D eigenvalue weighted by Gasteiger charge is -2.19. The predicted molar refractivity (Wildman–Crippen MR) is 105 cm³/mol. The van der Waals surface area contributed by atoms with Gasteiger partial charge in [0.15, 0.2) is 0 Å². The maximum Gasteiger partial charge on any atom is 0.264 e. The normalized spacial score (nSPS) is 12.6. The van der Waals surface area contributed by atoms with Gasteiger partial charge < -0.3 is 15.0 Å². The number of nitrogens with one attached hydrogen (secondary N) is 2. The lowest BCUT2D eigenvalue weighted by Crippen LogP contribution is -2.35. The first-order valence-corrected chi connectivity index (χ1v) is 9.09. The summed E-state index contributed by atoms with van der Waals surface area (Å²) >= 11 is 3.43. The van der Waals surface area contributed by atoms with Crippen molar-refractivity contribution in [2.45, 2.75) is 46.1 Å². The number of nitrogens with zero attached hydrogens (tertiary/aromatic N) is 1. The number of aromatic nitrogens is 2. The fraction of sp³-hybridized carbons (Fsp3) is 0.421. The van der Waals surface area contributed by atoms with Crippen LogP contribution >= 0.6 is 15.9 Å². The van der Waals surface area contributed by atoms with Crippen LogP contribution in [0.2, 0.25) is 0 Å². The molecular formula is C19H24BrN3O3. The first-order chi connectivity index (χ1) is 12.0. The van der Waals surface area contributed by atoms with Gasteiger partial charge >= 0.3 is 0 Å². The minimum Gasteiger partial charge on any atom is -0.496 e. The summed E-state index contributed by atoms with van der Waals surface area (Å²) < 4.78 is 6.01. The Morgan fingerprint density at radius 3 is 2.50 bits per heavy atom. The third kappa shape index (κ3) is 4.33. The number of methoxy groups -OCH3 is 1. The highest BCUT2D eigenvalue weighted by atomic mass is 79.9. The van der Waals surface area contributed by atoms with Crippen LogP contribution in [0.3, 0.4) is 0 Å². The van der Waals surface area contributed by atoms with Crippen LogP contribution in [0.4, 0.5) is 0 Å². The fourth-order valence-electron chi connectivity index (χ4n) is 2.51. The summed E-state index contributed by atoms with van der Waals surface area (Å²) in [5.74, 6) is 0.821. The van der Waals surface area contributed by atoms with E-state index in [0.29, 0.717) is 17.3 Å². The molecule has 0 aliphatic heterocycles. The van der Waals surface area contributed by atoms with Crippen molar-refractivity contribution in [2.24, 2.45) is 0 Å². The van der Waals surface area contributed by atoms with Crippen molar-refractivity contribution >= 4 is 21.8 Å². The minimum absolute atomic E-state index is 0.0393. The highest BCUT2D eigenvalue weighted by Crippen LogP contribution is 2.28. The van der Waals surface area contributed by atoms with Gasteiger partial charge in [-0.15, -0.1) is 0 Å². The zero-order valence-corrected chi connectivity index (χ0v) is 17.4. The van der Waals surface area contributed by atoms with Crippen LogP contribution in [0.15, 0.2) is 27.5 Å². The molecular weight excluding hydrogens is 398 g/mol. The molecule has 2 N–H and O–H groups in total. The molecule has 1 amide bonds. The average molecular weight is 422 g/mol. The topological polar surface area (TPSA) is 84.1 Å². The van der Waals surface area contributed by atoms with Gasteiger partial charge in [0.25, 0.3) is 11.5 Å². The molecule has 6 nitrogen and oxygen atoms in total. The Balaban J connectivity index is 2.27. The van der Waals surface area contributed by atoms with Crippen LogP contribution in [0.5, 0.6) is 5.75 Å². The van der Waals surface area contributed by atoms with Gasteiger partial charge in [-0.25, -0.2) is 4.98 Å². The van der Waals surface area contributed by atoms with Crippen LogP contribution in [-0.2, 0) is 5.41 Å². The molecule has 0 aliphatic carbocycles. The zero-order valence-electron chi connectivity index (χ0n) is 15.9. The Bertz CT molecular complexity index is 885. The number of H-pyrrole nitrogens is 1. The Morgan fingerprint density at radius 2 is 2.00 bits per heavy atom. The maximum atomic E-state index is 12.6. The fourth-order valence-corrected chi connectivity index (χ4v) is 3.07. The van der Waals surface area contributed by atoms with Crippen LogP contribution in [0.25, 0.3) is 0 Å². The van der Waals surface area contributed by atoms with E-state index in [1.807, 2.05) is 45.9 Å². The third-order valence-corrected chi connectivity index (χ3v) is 4.68. The van der Waals surface area contributed by atoms with E-state index in [0.717, 1.165) is 10.0 Å². The van der Waals surface area contributed by atoms with E-state index in [4.69, 9.17) is 4.74 Å². The molecule has 1 aromatic heterocycles. The minimum atomic E-state index is -0.448. The van der Waals surface area contributed by atoms with Crippen molar-refractivity contribution in [3.8, 4) is 5.75 Å². The third-order valence-electron chi connectivity index (χ3n) is 4.06. The molecule has 140 valence electrons. The molecule has 26 heavy (non-hydrogen) atoms. The van der Waals surface area contributed by atoms with Crippen LogP contribution in [-0.4, -0.2) is 23.0 Å². The quantitative estimate of drug-likeness (QED) is 0.788. The van der Waals surface area contributed by atoms with Crippen molar-refractivity contribution < 1.29 is 9.53 Å². The van der Waals surface area contributed by atoms with Gasteiger partial charge in [0, 0.05) is 5.41 Å². The summed E-state index contributed by atoms with van der Waals surface area (Å²) in [7, 11) is 1.59. The maximum absolute atomic E-state index is 12.6. The number of amides is 1. The molecule has 7 heteroatoms. The zero-order chi connectivity index (χ0) is 19.6. The monoisotopic (exact) mass is 421 g/mol. The molecule has 1 heterocycles. The van der Waals surface area contributed by atoms with Gasteiger partial charge in [-0.05, 0) is 47.5 Å². The number of aryl methyl sites for hydroxylation is 1. The van der Waals surface area contributed by atoms with Crippen LogP contribution in [0.1, 0.15) is 61.2 Å². The Kier molecular flexibility index (Phi) is 5.91. The first kappa shape index (κ1) is 20.2. The Hall–Kier alpha value is -2.15. The van der Waals surface area contributed by atoms with Gasteiger partial charge in [0.1, 0.15) is 17.1 Å². The van der Waals surface area contributed by atoms with Gasteiger partial charge in [-0.2, -0.15) is 0 Å². The standard InChI is InChI=1S/C19H24BrN3O3/c1-10(12-7-8-14(26-6)13(20)9-12)21-16(24)15-11(2)22-18(19(3,4)5)23-17(15)25/h7-10H,1-6H3,(H,21,24)(H,22,23,25). The smallest absolute Gasteiger partial charge is 0.264 e. The van der Waals surface area contributed by atoms with Crippen molar-refractivity contribution in [2.75, 3.05) is 7.11 Å². The van der Waals surface area contributed by atoms with Crippen LogP contribution in [0, 0.1) is 6.92 Å². The number of aromatic amines is 1. The molecule has 0 bridgehead atoms. The number of hydrogen-bond donors (Lipinski definition) is 2. The van der Waals surface area contributed by atoms with E-state index in [1.165, 1.54) is 0 Å². The molecule has 1 unspecified atom stereocenters. The molecule has 0 saturated heterocycles. The molecule has 0 aliphatic rings. The number of carbonyl (C=O) groups is 1. The molecule has 0 spiro atoms. The van der Waals surface area contributed by atoms with E-state index in [2.05, 4.69) is 31.2 Å². The van der Waals surface area contributed by atoms with Gasteiger partial charge in [-0.3, -0.25) is 9.59 Å². The summed E-state index contributed by atoms with van der Waals surface area (Å²) in [6, 6.07) is 5.28. The van der Waals surface area contributed by atoms with E-state index >= 15 is 0 Å². The van der Waals surface area contributed by atoms with Crippen molar-refractivity contribution in [1.82, 2.24) is 15.3 Å². The van der Waals surface area contributed by atoms with Gasteiger partial charge in [0.05, 0.1) is 23.3 Å². The van der Waals surface area contributed by atoms with E-state index < -0.39 is 11.5 Å². The number of carbonyl (C=O) groups excluding carboxylic acids is 1. The van der Waals surface area contributed by atoms with E-state index in [9.17, 15) is 9.59 Å². The predicted octanol–water partition coefficient (Wildman–Crippen LogP) is 3.64.